The first-order valence-electron chi connectivity index (χ1n) is 7.53. The maximum absolute atomic E-state index is 12.9. The molecule has 1 aromatic heterocycles. The third-order valence-electron chi connectivity index (χ3n) is 4.47. The van der Waals surface area contributed by atoms with Gasteiger partial charge in [-0.25, -0.2) is 13.8 Å². The van der Waals surface area contributed by atoms with Crippen molar-refractivity contribution in [2.45, 2.75) is 33.2 Å². The van der Waals surface area contributed by atoms with Crippen LogP contribution >= 0.6 is 0 Å². The normalized spacial score (nSPS) is 18.4. The van der Waals surface area contributed by atoms with Gasteiger partial charge in [0, 0.05) is 30.3 Å². The van der Waals surface area contributed by atoms with Crippen molar-refractivity contribution in [3.05, 3.63) is 41.5 Å². The SMILES string of the molecule is C.Cc1cc2c(nc1-c1cccc(C(F)F)c1)NC1CCN2C1. The average Bonchev–Trinajstić information content (AvgIpc) is 2.91. The van der Waals surface area contributed by atoms with Crippen LogP contribution in [0.5, 0.6) is 0 Å². The van der Waals surface area contributed by atoms with Gasteiger partial charge >= 0.3 is 0 Å². The van der Waals surface area contributed by atoms with E-state index in [9.17, 15) is 8.78 Å². The molecule has 1 saturated heterocycles. The zero-order chi connectivity index (χ0) is 15.3. The second-order valence-electron chi connectivity index (χ2n) is 6.02. The molecule has 3 heterocycles. The van der Waals surface area contributed by atoms with Crippen LogP contribution in [0.4, 0.5) is 20.3 Å². The van der Waals surface area contributed by atoms with Crippen molar-refractivity contribution in [3.63, 3.8) is 0 Å². The van der Waals surface area contributed by atoms with Crippen molar-refractivity contribution in [3.8, 4) is 11.3 Å². The minimum atomic E-state index is -2.46. The van der Waals surface area contributed by atoms with Gasteiger partial charge in [-0.1, -0.05) is 25.6 Å². The van der Waals surface area contributed by atoms with Gasteiger partial charge in [0.15, 0.2) is 5.82 Å². The molecule has 3 nitrogen and oxygen atoms in total. The third kappa shape index (κ3) is 2.64. The highest BCUT2D eigenvalue weighted by atomic mass is 19.3. The summed E-state index contributed by atoms with van der Waals surface area (Å²) < 4.78 is 25.8. The van der Waals surface area contributed by atoms with E-state index >= 15 is 0 Å². The number of halogens is 2. The first-order chi connectivity index (χ1) is 10.6. The molecular weight excluding hydrogens is 296 g/mol. The Balaban J connectivity index is 0.00000156. The Morgan fingerprint density at radius 1 is 1.30 bits per heavy atom. The van der Waals surface area contributed by atoms with Crippen molar-refractivity contribution in [2.24, 2.45) is 0 Å². The summed E-state index contributed by atoms with van der Waals surface area (Å²) in [5, 5.41) is 3.46. The van der Waals surface area contributed by atoms with Crippen LogP contribution in [0.3, 0.4) is 0 Å². The zero-order valence-electron chi connectivity index (χ0n) is 12.3. The number of aryl methyl sites for hydroxylation is 1. The minimum Gasteiger partial charge on any atom is -0.366 e. The monoisotopic (exact) mass is 317 g/mol. The molecule has 2 aliphatic rings. The summed E-state index contributed by atoms with van der Waals surface area (Å²) in [6.45, 7) is 4.06. The van der Waals surface area contributed by atoms with Gasteiger partial charge in [0.25, 0.3) is 6.43 Å². The minimum absolute atomic E-state index is 0. The lowest BCUT2D eigenvalue weighted by Crippen LogP contribution is -2.32. The van der Waals surface area contributed by atoms with Crippen LogP contribution in [-0.2, 0) is 0 Å². The van der Waals surface area contributed by atoms with Gasteiger partial charge in [0.05, 0.1) is 11.4 Å². The van der Waals surface area contributed by atoms with E-state index in [1.165, 1.54) is 12.1 Å². The van der Waals surface area contributed by atoms with Crippen molar-refractivity contribution < 1.29 is 8.78 Å². The van der Waals surface area contributed by atoms with E-state index in [-0.39, 0.29) is 13.0 Å². The van der Waals surface area contributed by atoms with Crippen LogP contribution < -0.4 is 10.2 Å². The van der Waals surface area contributed by atoms with Gasteiger partial charge in [-0.2, -0.15) is 0 Å². The van der Waals surface area contributed by atoms with E-state index in [2.05, 4.69) is 16.3 Å². The predicted octanol–water partition coefficient (Wildman–Crippen LogP) is 4.63. The molecule has 1 fully saturated rings. The van der Waals surface area contributed by atoms with Crippen molar-refractivity contribution >= 4 is 11.5 Å². The summed E-state index contributed by atoms with van der Waals surface area (Å²) in [7, 11) is 0. The van der Waals surface area contributed by atoms with Gasteiger partial charge in [-0.05, 0) is 31.0 Å². The molecule has 0 aliphatic carbocycles. The number of nitrogens with zero attached hydrogens (tertiary/aromatic N) is 2. The van der Waals surface area contributed by atoms with Gasteiger partial charge in [0.2, 0.25) is 0 Å². The molecule has 0 radical (unpaired) electrons. The van der Waals surface area contributed by atoms with Gasteiger partial charge in [0.1, 0.15) is 0 Å². The second-order valence-corrected chi connectivity index (χ2v) is 6.02. The molecule has 2 bridgehead atoms. The molecule has 122 valence electrons. The summed E-state index contributed by atoms with van der Waals surface area (Å²) in [5.74, 6) is 0.872. The Kier molecular flexibility index (Phi) is 3.96. The molecule has 1 N–H and O–H groups in total. The van der Waals surface area contributed by atoms with Crippen LogP contribution in [0.2, 0.25) is 0 Å². The summed E-state index contributed by atoms with van der Waals surface area (Å²) in [4.78, 5) is 7.07. The number of pyridine rings is 1. The number of rotatable bonds is 2. The average molecular weight is 317 g/mol. The third-order valence-corrected chi connectivity index (χ3v) is 4.47. The number of hydrogen-bond donors (Lipinski definition) is 1. The van der Waals surface area contributed by atoms with Crippen LogP contribution in [0.1, 0.15) is 31.4 Å². The topological polar surface area (TPSA) is 28.2 Å². The molecule has 1 atom stereocenters. The molecule has 2 aromatic rings. The second kappa shape index (κ2) is 5.80. The summed E-state index contributed by atoms with van der Waals surface area (Å²) >= 11 is 0. The van der Waals surface area contributed by atoms with E-state index in [1.807, 2.05) is 13.0 Å². The molecule has 0 amide bonds. The molecule has 4 rings (SSSR count). The highest BCUT2D eigenvalue weighted by Gasteiger charge is 2.31. The molecule has 1 aromatic carbocycles. The predicted molar refractivity (Wildman–Crippen MR) is 90.3 cm³/mol. The molecule has 5 heteroatoms. The number of anilines is 2. The number of hydrogen-bond acceptors (Lipinski definition) is 3. The van der Waals surface area contributed by atoms with Crippen LogP contribution in [0.25, 0.3) is 11.3 Å². The van der Waals surface area contributed by atoms with E-state index in [4.69, 9.17) is 4.98 Å². The van der Waals surface area contributed by atoms with Crippen LogP contribution in [-0.4, -0.2) is 24.1 Å². The lowest BCUT2D eigenvalue weighted by molar-refractivity contribution is 0.151. The Labute approximate surface area is 135 Å². The number of benzene rings is 1. The fraction of sp³-hybridized carbons (Fsp3) is 0.389. The first-order valence-corrected chi connectivity index (χ1v) is 7.53. The lowest BCUT2D eigenvalue weighted by atomic mass is 10.0. The molecule has 0 saturated carbocycles. The summed E-state index contributed by atoms with van der Waals surface area (Å²) in [6, 6.07) is 9.05. The number of nitrogens with one attached hydrogen (secondary N) is 1. The molecule has 23 heavy (non-hydrogen) atoms. The Morgan fingerprint density at radius 2 is 2.13 bits per heavy atom. The fourth-order valence-electron chi connectivity index (χ4n) is 3.35. The number of fused-ring (bicyclic) bond motifs is 4. The maximum Gasteiger partial charge on any atom is 0.263 e. The smallest absolute Gasteiger partial charge is 0.263 e. The first kappa shape index (κ1) is 15.7. The Bertz CT molecular complexity index is 730. The quantitative estimate of drug-likeness (QED) is 0.875. The van der Waals surface area contributed by atoms with Crippen molar-refractivity contribution in [1.82, 2.24) is 4.98 Å². The van der Waals surface area contributed by atoms with Gasteiger partial charge < -0.3 is 10.2 Å². The fourth-order valence-corrected chi connectivity index (χ4v) is 3.35. The van der Waals surface area contributed by atoms with E-state index in [0.29, 0.717) is 6.04 Å². The zero-order valence-corrected chi connectivity index (χ0v) is 12.3. The van der Waals surface area contributed by atoms with E-state index in [1.54, 1.807) is 6.07 Å². The molecule has 2 aliphatic heterocycles. The van der Waals surface area contributed by atoms with E-state index < -0.39 is 6.43 Å². The maximum atomic E-state index is 12.9. The van der Waals surface area contributed by atoms with Crippen LogP contribution in [0, 0.1) is 6.92 Å². The highest BCUT2D eigenvalue weighted by Crippen LogP contribution is 2.38. The molecular formula is C18H21F2N3. The van der Waals surface area contributed by atoms with E-state index in [0.717, 1.165) is 47.8 Å². The van der Waals surface area contributed by atoms with Gasteiger partial charge in [-0.15, -0.1) is 0 Å². The summed E-state index contributed by atoms with van der Waals surface area (Å²) in [5.41, 5.74) is 3.69. The van der Waals surface area contributed by atoms with Crippen molar-refractivity contribution in [2.75, 3.05) is 23.3 Å². The lowest BCUT2D eigenvalue weighted by Gasteiger charge is -2.28. The van der Waals surface area contributed by atoms with Crippen LogP contribution in [0.15, 0.2) is 30.3 Å². The molecule has 0 spiro atoms. The summed E-state index contributed by atoms with van der Waals surface area (Å²) in [6.07, 6.45) is -1.34. The highest BCUT2D eigenvalue weighted by molar-refractivity contribution is 5.77. The van der Waals surface area contributed by atoms with Gasteiger partial charge in [-0.3, -0.25) is 0 Å². The standard InChI is InChI=1S/C17H17F2N3.CH4/c1-10-7-14-17(20-13-5-6-22(14)9-13)21-15(10)11-3-2-4-12(8-11)16(18)19;/h2-4,7-8,13,16H,5-6,9H2,1H3,(H,20,21);1H4. The largest absolute Gasteiger partial charge is 0.366 e. The number of alkyl halides is 2. The Hall–Kier alpha value is -2.17. The van der Waals surface area contributed by atoms with Crippen molar-refractivity contribution in [1.29, 1.82) is 0 Å². The Morgan fingerprint density at radius 3 is 2.91 bits per heavy atom. The molecule has 1 unspecified atom stereocenters. The number of aromatic nitrogens is 1.